The third kappa shape index (κ3) is 1.48. The summed E-state index contributed by atoms with van der Waals surface area (Å²) in [5, 5.41) is 14.8. The molecule has 1 aromatic heterocycles. The number of nitrogens with one attached hydrogen (secondary N) is 1. The first kappa shape index (κ1) is 8.40. The average molecular weight is 166 g/mol. The Labute approximate surface area is 70.1 Å². The van der Waals surface area contributed by atoms with E-state index in [1.165, 1.54) is 0 Å². The maximum atomic E-state index is 8.63. The molecule has 0 aromatic carbocycles. The molecule has 0 amide bonds. The largest absolute Gasteiger partial charge is 0.473 e. The lowest BCUT2D eigenvalue weighted by Crippen LogP contribution is -2.06. The fourth-order valence-electron chi connectivity index (χ4n) is 0.755. The predicted octanol–water partition coefficient (Wildman–Crippen LogP) is 0.651. The van der Waals surface area contributed by atoms with Crippen LogP contribution in [0.15, 0.2) is 0 Å². The Morgan fingerprint density at radius 2 is 2.33 bits per heavy atom. The number of aromatic amines is 1. The maximum Gasteiger partial charge on any atom is 0.253 e. The van der Waals surface area contributed by atoms with E-state index in [-0.39, 0.29) is 23.4 Å². The van der Waals surface area contributed by atoms with Gasteiger partial charge < -0.3 is 10.5 Å². The van der Waals surface area contributed by atoms with Gasteiger partial charge in [0.2, 0.25) is 0 Å². The van der Waals surface area contributed by atoms with Gasteiger partial charge in [0, 0.05) is 0 Å². The van der Waals surface area contributed by atoms with Crippen LogP contribution in [-0.4, -0.2) is 16.3 Å². The topological polar surface area (TPSA) is 87.7 Å². The summed E-state index contributed by atoms with van der Waals surface area (Å²) in [5.74, 6) is 0.512. The molecule has 3 N–H and O–H groups in total. The molecule has 0 spiro atoms. The smallest absolute Gasteiger partial charge is 0.253 e. The molecular formula is C7H10N4O. The minimum atomic E-state index is -0.0141. The zero-order valence-corrected chi connectivity index (χ0v) is 6.96. The number of nitrogens with two attached hydrogens (primary N) is 1. The molecule has 0 saturated carbocycles. The second kappa shape index (κ2) is 3.13. The van der Waals surface area contributed by atoms with Gasteiger partial charge >= 0.3 is 0 Å². The van der Waals surface area contributed by atoms with E-state index in [0.29, 0.717) is 0 Å². The van der Waals surface area contributed by atoms with Crippen LogP contribution >= 0.6 is 0 Å². The Hall–Kier alpha value is -1.70. The molecule has 5 nitrogen and oxygen atoms in total. The summed E-state index contributed by atoms with van der Waals surface area (Å²) in [5.41, 5.74) is 5.67. The van der Waals surface area contributed by atoms with Gasteiger partial charge in [-0.05, 0) is 13.8 Å². The van der Waals surface area contributed by atoms with E-state index >= 15 is 0 Å². The molecule has 12 heavy (non-hydrogen) atoms. The lowest BCUT2D eigenvalue weighted by molar-refractivity contribution is 0.231. The zero-order valence-electron chi connectivity index (χ0n) is 6.96. The van der Waals surface area contributed by atoms with Crippen molar-refractivity contribution in [3.8, 4) is 11.9 Å². The predicted molar refractivity (Wildman–Crippen MR) is 43.5 cm³/mol. The summed E-state index contributed by atoms with van der Waals surface area (Å²) in [6, 6.07) is 1.91. The van der Waals surface area contributed by atoms with E-state index in [9.17, 15) is 0 Å². The molecule has 0 aliphatic heterocycles. The number of aromatic nitrogens is 2. The van der Waals surface area contributed by atoms with Crippen molar-refractivity contribution >= 4 is 5.82 Å². The number of anilines is 1. The highest BCUT2D eigenvalue weighted by Crippen LogP contribution is 2.19. The van der Waals surface area contributed by atoms with Crippen LogP contribution < -0.4 is 10.5 Å². The van der Waals surface area contributed by atoms with Crippen molar-refractivity contribution < 1.29 is 4.74 Å². The van der Waals surface area contributed by atoms with Crippen LogP contribution in [0.3, 0.4) is 0 Å². The molecule has 1 rings (SSSR count). The van der Waals surface area contributed by atoms with E-state index in [1.54, 1.807) is 0 Å². The normalized spacial score (nSPS) is 9.83. The van der Waals surface area contributed by atoms with Crippen molar-refractivity contribution in [1.82, 2.24) is 10.2 Å². The standard InChI is InChI=1S/C7H10N4O/c1-4(2)12-7-5(3-8)6(9)10-11-7/h4H,1-2H3,(H3,9,10,11). The summed E-state index contributed by atoms with van der Waals surface area (Å²) in [7, 11) is 0. The molecule has 0 aliphatic carbocycles. The molecule has 1 heterocycles. The van der Waals surface area contributed by atoms with E-state index in [0.717, 1.165) is 0 Å². The molecular weight excluding hydrogens is 156 g/mol. The third-order valence-electron chi connectivity index (χ3n) is 1.22. The van der Waals surface area contributed by atoms with Crippen LogP contribution in [0.4, 0.5) is 5.82 Å². The third-order valence-corrected chi connectivity index (χ3v) is 1.22. The number of nitriles is 1. The summed E-state index contributed by atoms with van der Waals surface area (Å²) < 4.78 is 5.21. The van der Waals surface area contributed by atoms with Gasteiger partial charge in [-0.15, -0.1) is 5.10 Å². The van der Waals surface area contributed by atoms with Gasteiger partial charge in [-0.3, -0.25) is 5.10 Å². The summed E-state index contributed by atoms with van der Waals surface area (Å²) in [4.78, 5) is 0. The number of nitrogen functional groups attached to an aromatic ring is 1. The highest BCUT2D eigenvalue weighted by Gasteiger charge is 2.12. The molecule has 64 valence electrons. The lowest BCUT2D eigenvalue weighted by atomic mass is 10.3. The summed E-state index contributed by atoms with van der Waals surface area (Å²) >= 11 is 0. The Kier molecular flexibility index (Phi) is 2.19. The molecule has 0 fully saturated rings. The number of H-pyrrole nitrogens is 1. The number of rotatable bonds is 2. The van der Waals surface area contributed by atoms with Crippen molar-refractivity contribution in [3.05, 3.63) is 5.56 Å². The van der Waals surface area contributed by atoms with Crippen molar-refractivity contribution in [1.29, 1.82) is 5.26 Å². The Morgan fingerprint density at radius 3 is 2.83 bits per heavy atom. The molecule has 0 radical (unpaired) electrons. The van der Waals surface area contributed by atoms with E-state index in [4.69, 9.17) is 15.7 Å². The second-order valence-corrected chi connectivity index (χ2v) is 2.60. The van der Waals surface area contributed by atoms with E-state index in [1.807, 2.05) is 19.9 Å². The SMILES string of the molecule is CC(C)Oc1n[nH]c(N)c1C#N. The lowest BCUT2D eigenvalue weighted by Gasteiger charge is -2.04. The zero-order chi connectivity index (χ0) is 9.14. The fraction of sp³-hybridized carbons (Fsp3) is 0.429. The Bertz CT molecular complexity index is 310. The van der Waals surface area contributed by atoms with Gasteiger partial charge in [-0.1, -0.05) is 0 Å². The molecule has 0 bridgehead atoms. The number of hydrogen-bond acceptors (Lipinski definition) is 4. The molecule has 1 aromatic rings. The Morgan fingerprint density at radius 1 is 1.67 bits per heavy atom. The van der Waals surface area contributed by atoms with Crippen LogP contribution in [0.1, 0.15) is 19.4 Å². The van der Waals surface area contributed by atoms with Gasteiger partial charge in [0.25, 0.3) is 5.88 Å². The summed E-state index contributed by atoms with van der Waals surface area (Å²) in [6.07, 6.45) is -0.0141. The van der Waals surface area contributed by atoms with Crippen molar-refractivity contribution in [2.45, 2.75) is 20.0 Å². The number of ether oxygens (including phenoxy) is 1. The van der Waals surface area contributed by atoms with Gasteiger partial charge in [-0.25, -0.2) is 0 Å². The molecule has 0 saturated heterocycles. The van der Waals surface area contributed by atoms with Gasteiger partial charge in [0.1, 0.15) is 11.9 Å². The first-order valence-electron chi connectivity index (χ1n) is 3.55. The molecule has 0 unspecified atom stereocenters. The van der Waals surface area contributed by atoms with Gasteiger partial charge in [-0.2, -0.15) is 5.26 Å². The molecule has 5 heteroatoms. The van der Waals surface area contributed by atoms with Gasteiger partial charge in [0.15, 0.2) is 5.56 Å². The summed E-state index contributed by atoms with van der Waals surface area (Å²) in [6.45, 7) is 3.71. The average Bonchev–Trinajstić information content (AvgIpc) is 2.30. The van der Waals surface area contributed by atoms with E-state index < -0.39 is 0 Å². The first-order chi connectivity index (χ1) is 5.65. The minimum Gasteiger partial charge on any atom is -0.473 e. The number of nitrogens with zero attached hydrogens (tertiary/aromatic N) is 2. The minimum absolute atomic E-state index is 0.0141. The van der Waals surface area contributed by atoms with E-state index in [2.05, 4.69) is 10.2 Å². The van der Waals surface area contributed by atoms with Gasteiger partial charge in [0.05, 0.1) is 6.10 Å². The second-order valence-electron chi connectivity index (χ2n) is 2.60. The van der Waals surface area contributed by atoms with Crippen LogP contribution in [0.2, 0.25) is 0 Å². The molecule has 0 atom stereocenters. The first-order valence-corrected chi connectivity index (χ1v) is 3.55. The highest BCUT2D eigenvalue weighted by atomic mass is 16.5. The number of hydrogen-bond donors (Lipinski definition) is 2. The monoisotopic (exact) mass is 166 g/mol. The molecule has 0 aliphatic rings. The van der Waals surface area contributed by atoms with Crippen molar-refractivity contribution in [2.75, 3.05) is 5.73 Å². The Balaban J connectivity index is 2.94. The van der Waals surface area contributed by atoms with Crippen LogP contribution in [0, 0.1) is 11.3 Å². The highest BCUT2D eigenvalue weighted by molar-refractivity contribution is 5.53. The quantitative estimate of drug-likeness (QED) is 0.675. The van der Waals surface area contributed by atoms with Crippen LogP contribution in [0.25, 0.3) is 0 Å². The van der Waals surface area contributed by atoms with Crippen molar-refractivity contribution in [2.24, 2.45) is 0 Å². The maximum absolute atomic E-state index is 8.63. The van der Waals surface area contributed by atoms with Crippen molar-refractivity contribution in [3.63, 3.8) is 0 Å². The van der Waals surface area contributed by atoms with Crippen LogP contribution in [-0.2, 0) is 0 Å². The van der Waals surface area contributed by atoms with Crippen LogP contribution in [0.5, 0.6) is 5.88 Å². The fourth-order valence-corrected chi connectivity index (χ4v) is 0.755.